The van der Waals surface area contributed by atoms with Gasteiger partial charge in [-0.2, -0.15) is 0 Å². The maximum Gasteiger partial charge on any atom is 0.494 e. The zero-order valence-corrected chi connectivity index (χ0v) is 15.9. The normalized spacial score (nSPS) is 17.8. The number of rotatable bonds is 4. The second kappa shape index (κ2) is 6.78. The highest BCUT2D eigenvalue weighted by atomic mass is 16.7. The first kappa shape index (κ1) is 18.5. The van der Waals surface area contributed by atoms with Crippen LogP contribution in [-0.2, 0) is 14.1 Å². The van der Waals surface area contributed by atoms with Gasteiger partial charge >= 0.3 is 7.12 Å². The van der Waals surface area contributed by atoms with Crippen LogP contribution in [0.2, 0.25) is 0 Å². The van der Waals surface area contributed by atoms with Crippen LogP contribution in [0.3, 0.4) is 0 Å². The van der Waals surface area contributed by atoms with Crippen LogP contribution in [0, 0.1) is 0 Å². The van der Waals surface area contributed by atoms with Gasteiger partial charge in [-0.3, -0.25) is 4.79 Å². The minimum atomic E-state index is -0.385. The standard InChI is InChI=1S/C20H25BN2O3/c1-14(24)22-16-9-11-17(12-10-16)23-18-8-6-7-15(13-18)21-25-19(2,3)20(4,5)26-21/h6-13,23H,1-5H3,(H,22,24). The number of anilines is 3. The molecule has 5 nitrogen and oxygen atoms in total. The topological polar surface area (TPSA) is 59.6 Å². The van der Waals surface area contributed by atoms with E-state index in [4.69, 9.17) is 9.31 Å². The van der Waals surface area contributed by atoms with Crippen molar-refractivity contribution in [3.8, 4) is 0 Å². The number of hydrogen-bond donors (Lipinski definition) is 2. The molecule has 2 aromatic carbocycles. The average Bonchev–Trinajstić information content (AvgIpc) is 2.77. The maximum atomic E-state index is 11.1. The van der Waals surface area contributed by atoms with Crippen LogP contribution in [0.4, 0.5) is 17.1 Å². The van der Waals surface area contributed by atoms with Gasteiger partial charge in [0.05, 0.1) is 11.2 Å². The summed E-state index contributed by atoms with van der Waals surface area (Å²) in [7, 11) is -0.385. The van der Waals surface area contributed by atoms with E-state index in [1.54, 1.807) is 0 Å². The zero-order valence-electron chi connectivity index (χ0n) is 15.9. The second-order valence-electron chi connectivity index (χ2n) is 7.60. The highest BCUT2D eigenvalue weighted by Crippen LogP contribution is 2.36. The summed E-state index contributed by atoms with van der Waals surface area (Å²) in [5, 5.41) is 6.12. The predicted octanol–water partition coefficient (Wildman–Crippen LogP) is 3.69. The van der Waals surface area contributed by atoms with Crippen molar-refractivity contribution >= 4 is 35.6 Å². The van der Waals surface area contributed by atoms with Crippen molar-refractivity contribution in [2.24, 2.45) is 0 Å². The molecule has 0 aliphatic carbocycles. The Bertz CT molecular complexity index is 787. The molecule has 0 aromatic heterocycles. The third-order valence-electron chi connectivity index (χ3n) is 4.91. The molecule has 1 saturated heterocycles. The van der Waals surface area contributed by atoms with Gasteiger partial charge in [0.2, 0.25) is 5.91 Å². The van der Waals surface area contributed by atoms with Crippen molar-refractivity contribution < 1.29 is 14.1 Å². The molecule has 6 heteroatoms. The van der Waals surface area contributed by atoms with Crippen LogP contribution in [0.1, 0.15) is 34.6 Å². The molecular weight excluding hydrogens is 327 g/mol. The number of amides is 1. The first-order chi connectivity index (χ1) is 12.2. The first-order valence-electron chi connectivity index (χ1n) is 8.77. The van der Waals surface area contributed by atoms with E-state index < -0.39 is 0 Å². The Labute approximate surface area is 155 Å². The summed E-state index contributed by atoms with van der Waals surface area (Å²) in [5.74, 6) is -0.0826. The largest absolute Gasteiger partial charge is 0.494 e. The molecule has 2 N–H and O–H groups in total. The van der Waals surface area contributed by atoms with E-state index >= 15 is 0 Å². The minimum absolute atomic E-state index is 0.0826. The Balaban J connectivity index is 1.73. The van der Waals surface area contributed by atoms with Gasteiger partial charge in [0.1, 0.15) is 0 Å². The Morgan fingerprint density at radius 3 is 2.04 bits per heavy atom. The maximum absolute atomic E-state index is 11.1. The number of nitrogens with one attached hydrogen (secondary N) is 2. The molecule has 0 saturated carbocycles. The van der Waals surface area contributed by atoms with Crippen molar-refractivity contribution in [1.29, 1.82) is 0 Å². The Morgan fingerprint density at radius 2 is 1.46 bits per heavy atom. The molecule has 1 heterocycles. The first-order valence-corrected chi connectivity index (χ1v) is 8.77. The Morgan fingerprint density at radius 1 is 0.885 bits per heavy atom. The predicted molar refractivity (Wildman–Crippen MR) is 106 cm³/mol. The van der Waals surface area contributed by atoms with Crippen LogP contribution in [0.5, 0.6) is 0 Å². The molecule has 1 aliphatic rings. The van der Waals surface area contributed by atoms with Gasteiger partial charge in [-0.1, -0.05) is 12.1 Å². The molecule has 0 spiro atoms. The summed E-state index contributed by atoms with van der Waals surface area (Å²) < 4.78 is 12.2. The summed E-state index contributed by atoms with van der Waals surface area (Å²) >= 11 is 0. The van der Waals surface area contributed by atoms with Crippen molar-refractivity contribution in [3.05, 3.63) is 48.5 Å². The molecule has 0 bridgehead atoms. The van der Waals surface area contributed by atoms with E-state index in [-0.39, 0.29) is 24.2 Å². The van der Waals surface area contributed by atoms with Crippen molar-refractivity contribution in [3.63, 3.8) is 0 Å². The zero-order chi connectivity index (χ0) is 18.9. The van der Waals surface area contributed by atoms with E-state index in [1.807, 2.05) is 76.2 Å². The summed E-state index contributed by atoms with van der Waals surface area (Å²) in [4.78, 5) is 11.1. The third kappa shape index (κ3) is 3.92. The van der Waals surface area contributed by atoms with Crippen LogP contribution < -0.4 is 16.1 Å². The molecule has 1 amide bonds. The lowest BCUT2D eigenvalue weighted by Gasteiger charge is -2.32. The molecular formula is C20H25BN2O3. The molecule has 0 unspecified atom stereocenters. The van der Waals surface area contributed by atoms with Crippen molar-refractivity contribution in [2.45, 2.75) is 45.8 Å². The lowest BCUT2D eigenvalue weighted by atomic mass is 9.79. The Kier molecular flexibility index (Phi) is 4.82. The van der Waals surface area contributed by atoms with Gasteiger partial charge in [-0.15, -0.1) is 0 Å². The van der Waals surface area contributed by atoms with Crippen LogP contribution in [0.15, 0.2) is 48.5 Å². The minimum Gasteiger partial charge on any atom is -0.399 e. The molecule has 26 heavy (non-hydrogen) atoms. The van der Waals surface area contributed by atoms with E-state index in [1.165, 1.54) is 6.92 Å². The van der Waals surface area contributed by atoms with Gasteiger partial charge in [0.15, 0.2) is 0 Å². The number of benzene rings is 2. The number of carbonyl (C=O) groups is 1. The average molecular weight is 352 g/mol. The number of carbonyl (C=O) groups excluding carboxylic acids is 1. The van der Waals surface area contributed by atoms with Gasteiger partial charge in [-0.25, -0.2) is 0 Å². The third-order valence-corrected chi connectivity index (χ3v) is 4.91. The fourth-order valence-electron chi connectivity index (χ4n) is 2.75. The van der Waals surface area contributed by atoms with Gasteiger partial charge in [-0.05, 0) is 69.6 Å². The molecule has 1 aliphatic heterocycles. The van der Waals surface area contributed by atoms with Gasteiger partial charge in [0, 0.05) is 24.0 Å². The summed E-state index contributed by atoms with van der Waals surface area (Å²) in [6.45, 7) is 9.68. The van der Waals surface area contributed by atoms with Crippen LogP contribution >= 0.6 is 0 Å². The highest BCUT2D eigenvalue weighted by molar-refractivity contribution is 6.62. The smallest absolute Gasteiger partial charge is 0.399 e. The summed E-state index contributed by atoms with van der Waals surface area (Å²) in [5.41, 5.74) is 2.91. The van der Waals surface area contributed by atoms with E-state index in [2.05, 4.69) is 10.6 Å². The summed E-state index contributed by atoms with van der Waals surface area (Å²) in [6.07, 6.45) is 0. The fraction of sp³-hybridized carbons (Fsp3) is 0.350. The van der Waals surface area contributed by atoms with Crippen LogP contribution in [0.25, 0.3) is 0 Å². The van der Waals surface area contributed by atoms with E-state index in [9.17, 15) is 4.79 Å². The fourth-order valence-corrected chi connectivity index (χ4v) is 2.75. The quantitative estimate of drug-likeness (QED) is 0.824. The molecule has 3 rings (SSSR count). The van der Waals surface area contributed by atoms with Crippen LogP contribution in [-0.4, -0.2) is 24.2 Å². The molecule has 1 fully saturated rings. The molecule has 2 aromatic rings. The summed E-state index contributed by atoms with van der Waals surface area (Å²) in [6, 6.07) is 15.6. The molecule has 0 atom stereocenters. The Hall–Kier alpha value is -2.31. The van der Waals surface area contributed by atoms with Crippen molar-refractivity contribution in [2.75, 3.05) is 10.6 Å². The lowest BCUT2D eigenvalue weighted by molar-refractivity contribution is -0.114. The molecule has 0 radical (unpaired) electrons. The highest BCUT2D eigenvalue weighted by Gasteiger charge is 2.51. The van der Waals surface area contributed by atoms with E-state index in [0.29, 0.717) is 0 Å². The monoisotopic (exact) mass is 352 g/mol. The van der Waals surface area contributed by atoms with Crippen molar-refractivity contribution in [1.82, 2.24) is 0 Å². The second-order valence-corrected chi connectivity index (χ2v) is 7.60. The molecule has 136 valence electrons. The lowest BCUT2D eigenvalue weighted by Crippen LogP contribution is -2.41. The van der Waals surface area contributed by atoms with Gasteiger partial charge in [0.25, 0.3) is 0 Å². The van der Waals surface area contributed by atoms with Gasteiger partial charge < -0.3 is 19.9 Å². The SMILES string of the molecule is CC(=O)Nc1ccc(Nc2cccc(B3OC(C)(C)C(C)(C)O3)c2)cc1. The van der Waals surface area contributed by atoms with E-state index in [0.717, 1.165) is 22.5 Å². The number of hydrogen-bond acceptors (Lipinski definition) is 4.